The summed E-state index contributed by atoms with van der Waals surface area (Å²) in [5.74, 6) is 1.48. The van der Waals surface area contributed by atoms with Crippen molar-refractivity contribution in [2.75, 3.05) is 18.5 Å². The standard InChI is InChI=1S/C30H45N5O/c31-27-34-30(35-28-21-24-32-25-22-28)33-23-17-12-10-8-6-4-2-1-3-5-7-9-11-13-18-26-36-29-19-15-14-16-20-29/h14-16,19-22,24-25H,1-13,17-18,23,26H2,(H2,32,33,34,35). The summed E-state index contributed by atoms with van der Waals surface area (Å²) in [5.41, 5.74) is 0.868. The number of guanidine groups is 1. The third kappa shape index (κ3) is 15.8. The summed E-state index contributed by atoms with van der Waals surface area (Å²) in [6.07, 6.45) is 25.0. The quantitative estimate of drug-likeness (QED) is 0.0648. The van der Waals surface area contributed by atoms with Crippen molar-refractivity contribution in [1.29, 1.82) is 5.26 Å². The van der Waals surface area contributed by atoms with E-state index in [0.29, 0.717) is 5.96 Å². The largest absolute Gasteiger partial charge is 0.494 e. The molecule has 0 aliphatic rings. The third-order valence-corrected chi connectivity index (χ3v) is 6.20. The van der Waals surface area contributed by atoms with Gasteiger partial charge in [-0.1, -0.05) is 102 Å². The minimum Gasteiger partial charge on any atom is -0.494 e. The highest BCUT2D eigenvalue weighted by Crippen LogP contribution is 2.14. The van der Waals surface area contributed by atoms with E-state index in [1.54, 1.807) is 12.4 Å². The molecule has 36 heavy (non-hydrogen) atoms. The predicted molar refractivity (Wildman–Crippen MR) is 150 cm³/mol. The van der Waals surface area contributed by atoms with Gasteiger partial charge < -0.3 is 10.1 Å². The number of nitriles is 1. The van der Waals surface area contributed by atoms with Gasteiger partial charge in [0, 0.05) is 24.6 Å². The molecule has 0 unspecified atom stereocenters. The second kappa shape index (κ2) is 21.2. The Morgan fingerprint density at radius 1 is 0.722 bits per heavy atom. The summed E-state index contributed by atoms with van der Waals surface area (Å²) in [6.45, 7) is 1.56. The van der Waals surface area contributed by atoms with Gasteiger partial charge in [-0.15, -0.1) is 0 Å². The van der Waals surface area contributed by atoms with Crippen molar-refractivity contribution < 1.29 is 4.74 Å². The topological polar surface area (TPSA) is 82.3 Å². The molecule has 6 heteroatoms. The number of ether oxygens (including phenoxy) is 1. The van der Waals surface area contributed by atoms with E-state index in [2.05, 4.69) is 20.6 Å². The zero-order valence-corrected chi connectivity index (χ0v) is 22.0. The van der Waals surface area contributed by atoms with Crippen LogP contribution in [0.3, 0.4) is 0 Å². The fourth-order valence-electron chi connectivity index (χ4n) is 4.14. The fourth-order valence-corrected chi connectivity index (χ4v) is 4.14. The molecule has 1 aromatic heterocycles. The van der Waals surface area contributed by atoms with Crippen LogP contribution >= 0.6 is 0 Å². The minimum atomic E-state index is 0.497. The van der Waals surface area contributed by atoms with Gasteiger partial charge in [0.15, 0.2) is 6.19 Å². The van der Waals surface area contributed by atoms with E-state index in [0.717, 1.165) is 37.4 Å². The molecule has 0 aliphatic heterocycles. The van der Waals surface area contributed by atoms with E-state index in [9.17, 15) is 0 Å². The number of anilines is 1. The summed E-state index contributed by atoms with van der Waals surface area (Å²) < 4.78 is 5.74. The molecule has 2 N–H and O–H groups in total. The first-order chi connectivity index (χ1) is 17.9. The predicted octanol–water partition coefficient (Wildman–Crippen LogP) is 7.85. The zero-order chi connectivity index (χ0) is 25.4. The molecule has 1 heterocycles. The lowest BCUT2D eigenvalue weighted by Gasteiger charge is -2.07. The van der Waals surface area contributed by atoms with Crippen molar-refractivity contribution >= 4 is 11.6 Å². The van der Waals surface area contributed by atoms with Gasteiger partial charge in [-0.2, -0.15) is 5.26 Å². The lowest BCUT2D eigenvalue weighted by molar-refractivity contribution is 0.304. The highest BCUT2D eigenvalue weighted by molar-refractivity contribution is 5.94. The van der Waals surface area contributed by atoms with E-state index >= 15 is 0 Å². The lowest BCUT2D eigenvalue weighted by Crippen LogP contribution is -2.27. The maximum absolute atomic E-state index is 8.90. The Morgan fingerprint density at radius 2 is 1.25 bits per heavy atom. The number of hydrogen-bond donors (Lipinski definition) is 2. The molecule has 2 rings (SSSR count). The van der Waals surface area contributed by atoms with Gasteiger partial charge in [0.2, 0.25) is 5.96 Å². The molecule has 0 aliphatic carbocycles. The van der Waals surface area contributed by atoms with Crippen LogP contribution in [0.2, 0.25) is 0 Å². The summed E-state index contributed by atoms with van der Waals surface area (Å²) >= 11 is 0. The van der Waals surface area contributed by atoms with Crippen LogP contribution in [-0.4, -0.2) is 24.1 Å². The van der Waals surface area contributed by atoms with Crippen LogP contribution in [0, 0.1) is 11.5 Å². The number of unbranched alkanes of at least 4 members (excludes halogenated alkanes) is 14. The Morgan fingerprint density at radius 3 is 1.81 bits per heavy atom. The van der Waals surface area contributed by atoms with Gasteiger partial charge in [0.05, 0.1) is 6.61 Å². The summed E-state index contributed by atoms with van der Waals surface area (Å²) in [5, 5.41) is 14.6. The van der Waals surface area contributed by atoms with E-state index in [-0.39, 0.29) is 0 Å². The molecule has 196 valence electrons. The third-order valence-electron chi connectivity index (χ3n) is 6.20. The molecule has 0 fully saturated rings. The number of para-hydroxylation sites is 1. The van der Waals surface area contributed by atoms with Gasteiger partial charge in [-0.25, -0.2) is 0 Å². The number of rotatable bonds is 20. The average Bonchev–Trinajstić information content (AvgIpc) is 2.91. The first-order valence-electron chi connectivity index (χ1n) is 13.9. The van der Waals surface area contributed by atoms with E-state index in [4.69, 9.17) is 10.00 Å². The van der Waals surface area contributed by atoms with E-state index in [1.165, 1.54) is 83.5 Å². The van der Waals surface area contributed by atoms with Crippen molar-refractivity contribution in [3.8, 4) is 11.9 Å². The van der Waals surface area contributed by atoms with E-state index < -0.39 is 0 Å². The number of hydrogen-bond acceptors (Lipinski definition) is 4. The van der Waals surface area contributed by atoms with Crippen LogP contribution in [0.1, 0.15) is 96.3 Å². The minimum absolute atomic E-state index is 0.497. The van der Waals surface area contributed by atoms with Crippen LogP contribution in [0.15, 0.2) is 59.9 Å². The van der Waals surface area contributed by atoms with Crippen molar-refractivity contribution in [1.82, 2.24) is 10.3 Å². The SMILES string of the molecule is N#CNC(=NCCCCCCCCCCCCCCCCCOc1ccccc1)Nc1ccncc1. The van der Waals surface area contributed by atoms with Gasteiger partial charge in [0.1, 0.15) is 5.75 Å². The van der Waals surface area contributed by atoms with Gasteiger partial charge in [-0.05, 0) is 37.1 Å². The Labute approximate surface area is 218 Å². The van der Waals surface area contributed by atoms with Crippen molar-refractivity contribution in [3.05, 3.63) is 54.9 Å². The van der Waals surface area contributed by atoms with E-state index in [1.807, 2.05) is 48.7 Å². The van der Waals surface area contributed by atoms with Crippen LogP contribution in [0.4, 0.5) is 5.69 Å². The zero-order valence-electron chi connectivity index (χ0n) is 22.0. The number of aromatic nitrogens is 1. The van der Waals surface area contributed by atoms with Crippen LogP contribution in [0.25, 0.3) is 0 Å². The number of nitrogens with zero attached hydrogens (tertiary/aromatic N) is 3. The normalized spacial score (nSPS) is 11.1. The average molecular weight is 492 g/mol. The molecule has 0 atom stereocenters. The summed E-state index contributed by atoms with van der Waals surface area (Å²) in [6, 6.07) is 13.8. The van der Waals surface area contributed by atoms with Gasteiger partial charge >= 0.3 is 0 Å². The number of benzene rings is 1. The molecule has 0 saturated heterocycles. The molecular weight excluding hydrogens is 446 g/mol. The van der Waals surface area contributed by atoms with Crippen LogP contribution in [0.5, 0.6) is 5.75 Å². The Kier molecular flexibility index (Phi) is 17.2. The molecule has 2 aromatic rings. The summed E-state index contributed by atoms with van der Waals surface area (Å²) in [7, 11) is 0. The number of nitrogens with one attached hydrogen (secondary N) is 2. The molecule has 1 aromatic carbocycles. The highest BCUT2D eigenvalue weighted by atomic mass is 16.5. The number of aliphatic imine (C=N–C) groups is 1. The monoisotopic (exact) mass is 491 g/mol. The first kappa shape index (κ1) is 29.2. The first-order valence-corrected chi connectivity index (χ1v) is 13.9. The summed E-state index contributed by atoms with van der Waals surface area (Å²) in [4.78, 5) is 8.46. The van der Waals surface area contributed by atoms with Gasteiger partial charge in [0.25, 0.3) is 0 Å². The molecule has 0 bridgehead atoms. The maximum Gasteiger partial charge on any atom is 0.209 e. The molecule has 0 radical (unpaired) electrons. The van der Waals surface area contributed by atoms with Crippen LogP contribution in [-0.2, 0) is 0 Å². The van der Waals surface area contributed by atoms with Crippen molar-refractivity contribution in [2.45, 2.75) is 96.3 Å². The van der Waals surface area contributed by atoms with Gasteiger partial charge in [-0.3, -0.25) is 15.3 Å². The van der Waals surface area contributed by atoms with Crippen molar-refractivity contribution in [3.63, 3.8) is 0 Å². The molecule has 0 saturated carbocycles. The fraction of sp³-hybridized carbons (Fsp3) is 0.567. The molecule has 0 amide bonds. The second-order valence-corrected chi connectivity index (χ2v) is 9.29. The van der Waals surface area contributed by atoms with Crippen LogP contribution < -0.4 is 15.4 Å². The number of pyridine rings is 1. The molecule has 0 spiro atoms. The lowest BCUT2D eigenvalue weighted by atomic mass is 10.0. The maximum atomic E-state index is 8.90. The smallest absolute Gasteiger partial charge is 0.209 e. The molecular formula is C30H45N5O. The second-order valence-electron chi connectivity index (χ2n) is 9.29. The Balaban J connectivity index is 1.30. The Bertz CT molecular complexity index is 835. The Hall–Kier alpha value is -3.07. The molecule has 6 nitrogen and oxygen atoms in total. The van der Waals surface area contributed by atoms with Crippen molar-refractivity contribution in [2.24, 2.45) is 4.99 Å². The highest BCUT2D eigenvalue weighted by Gasteiger charge is 1.99.